The van der Waals surface area contributed by atoms with Crippen molar-refractivity contribution < 1.29 is 14.3 Å². The third-order valence-corrected chi connectivity index (χ3v) is 3.22. The molecule has 5 nitrogen and oxygen atoms in total. The molecule has 1 aromatic rings. The minimum absolute atomic E-state index is 0.0420. The van der Waals surface area contributed by atoms with E-state index in [1.807, 2.05) is 36.1 Å². The Hall–Kier alpha value is -1.75. The van der Waals surface area contributed by atoms with Crippen LogP contribution < -0.4 is 14.8 Å². The summed E-state index contributed by atoms with van der Waals surface area (Å²) in [6, 6.07) is 7.35. The second-order valence-electron chi connectivity index (χ2n) is 4.74. The van der Waals surface area contributed by atoms with Crippen LogP contribution in [0.1, 0.15) is 13.8 Å². The normalized spacial score (nSPS) is 16.6. The van der Waals surface area contributed by atoms with Gasteiger partial charge in [0.15, 0.2) is 6.10 Å². The lowest BCUT2D eigenvalue weighted by atomic mass is 10.2. The van der Waals surface area contributed by atoms with Crippen molar-refractivity contribution in [1.29, 1.82) is 0 Å². The molecule has 1 N–H and O–H groups in total. The van der Waals surface area contributed by atoms with Gasteiger partial charge in [-0.3, -0.25) is 4.79 Å². The number of carbonyl (C=O) groups is 1. The lowest BCUT2D eigenvalue weighted by Gasteiger charge is -2.29. The highest BCUT2D eigenvalue weighted by Gasteiger charge is 2.23. The zero-order valence-corrected chi connectivity index (χ0v) is 12.1. The van der Waals surface area contributed by atoms with E-state index in [1.54, 1.807) is 6.92 Å². The van der Waals surface area contributed by atoms with Crippen LogP contribution in [0.25, 0.3) is 0 Å². The van der Waals surface area contributed by atoms with Gasteiger partial charge in [-0.05, 0) is 38.1 Å². The van der Waals surface area contributed by atoms with Crippen LogP contribution in [0, 0.1) is 0 Å². The smallest absolute Gasteiger partial charge is 0.263 e. The molecular formula is C15H22N2O3. The van der Waals surface area contributed by atoms with E-state index in [-0.39, 0.29) is 5.91 Å². The summed E-state index contributed by atoms with van der Waals surface area (Å²) in [7, 11) is 0. The lowest BCUT2D eigenvalue weighted by Crippen LogP contribution is -2.50. The molecule has 1 saturated heterocycles. The van der Waals surface area contributed by atoms with Gasteiger partial charge in [-0.15, -0.1) is 0 Å². The summed E-state index contributed by atoms with van der Waals surface area (Å²) in [4.78, 5) is 14.1. The Morgan fingerprint density at radius 2 is 1.85 bits per heavy atom. The highest BCUT2D eigenvalue weighted by molar-refractivity contribution is 5.81. The standard InChI is InChI=1S/C15H22N2O3/c1-3-19-13-4-6-14(7-5-13)20-12(2)15(18)17-10-8-16-9-11-17/h4-7,12,16H,3,8-11H2,1-2H3. The number of nitrogens with zero attached hydrogens (tertiary/aromatic N) is 1. The second kappa shape index (κ2) is 7.14. The van der Waals surface area contributed by atoms with Crippen molar-refractivity contribution in [3.05, 3.63) is 24.3 Å². The van der Waals surface area contributed by atoms with Gasteiger partial charge in [0.05, 0.1) is 6.61 Å². The third-order valence-electron chi connectivity index (χ3n) is 3.22. The Labute approximate surface area is 119 Å². The van der Waals surface area contributed by atoms with Crippen molar-refractivity contribution in [3.8, 4) is 11.5 Å². The SMILES string of the molecule is CCOc1ccc(OC(C)C(=O)N2CCNCC2)cc1. The van der Waals surface area contributed by atoms with E-state index in [9.17, 15) is 4.79 Å². The third kappa shape index (κ3) is 3.87. The topological polar surface area (TPSA) is 50.8 Å². The summed E-state index contributed by atoms with van der Waals surface area (Å²) in [6.07, 6.45) is -0.467. The lowest BCUT2D eigenvalue weighted by molar-refractivity contribution is -0.138. The van der Waals surface area contributed by atoms with Gasteiger partial charge in [-0.2, -0.15) is 0 Å². The van der Waals surface area contributed by atoms with E-state index in [0.29, 0.717) is 12.4 Å². The van der Waals surface area contributed by atoms with E-state index in [0.717, 1.165) is 31.9 Å². The van der Waals surface area contributed by atoms with Gasteiger partial charge in [0, 0.05) is 26.2 Å². The Bertz CT molecular complexity index is 427. The Kier molecular flexibility index (Phi) is 5.24. The number of hydrogen-bond acceptors (Lipinski definition) is 4. The maximum Gasteiger partial charge on any atom is 0.263 e. The van der Waals surface area contributed by atoms with Crippen LogP contribution in [0.5, 0.6) is 11.5 Å². The van der Waals surface area contributed by atoms with E-state index in [4.69, 9.17) is 9.47 Å². The highest BCUT2D eigenvalue weighted by Crippen LogP contribution is 2.19. The molecule has 1 amide bonds. The summed E-state index contributed by atoms with van der Waals surface area (Å²) >= 11 is 0. The predicted octanol–water partition coefficient (Wildman–Crippen LogP) is 1.28. The number of rotatable bonds is 5. The number of hydrogen-bond donors (Lipinski definition) is 1. The van der Waals surface area contributed by atoms with Crippen LogP contribution in [0.2, 0.25) is 0 Å². The van der Waals surface area contributed by atoms with E-state index < -0.39 is 6.10 Å². The van der Waals surface area contributed by atoms with E-state index in [2.05, 4.69) is 5.32 Å². The van der Waals surface area contributed by atoms with Crippen molar-refractivity contribution in [2.45, 2.75) is 20.0 Å². The number of amides is 1. The Morgan fingerprint density at radius 3 is 2.45 bits per heavy atom. The average molecular weight is 278 g/mol. The monoisotopic (exact) mass is 278 g/mol. The summed E-state index contributed by atoms with van der Waals surface area (Å²) in [5, 5.41) is 3.23. The van der Waals surface area contributed by atoms with Crippen molar-refractivity contribution >= 4 is 5.91 Å². The van der Waals surface area contributed by atoms with Gasteiger partial charge >= 0.3 is 0 Å². The second-order valence-corrected chi connectivity index (χ2v) is 4.74. The molecule has 1 aliphatic heterocycles. The van der Waals surface area contributed by atoms with Crippen LogP contribution in [-0.2, 0) is 4.79 Å². The fourth-order valence-corrected chi connectivity index (χ4v) is 2.18. The average Bonchev–Trinajstić information content (AvgIpc) is 2.49. The molecule has 0 spiro atoms. The molecule has 20 heavy (non-hydrogen) atoms. The van der Waals surface area contributed by atoms with E-state index in [1.165, 1.54) is 0 Å². The zero-order valence-electron chi connectivity index (χ0n) is 12.1. The van der Waals surface area contributed by atoms with Gasteiger partial charge in [-0.25, -0.2) is 0 Å². The number of ether oxygens (including phenoxy) is 2. The first kappa shape index (κ1) is 14.7. The molecule has 1 atom stereocenters. The summed E-state index contributed by atoms with van der Waals surface area (Å²) in [5.41, 5.74) is 0. The quantitative estimate of drug-likeness (QED) is 0.881. The predicted molar refractivity (Wildman–Crippen MR) is 77.2 cm³/mol. The summed E-state index contributed by atoms with van der Waals surface area (Å²) in [5.74, 6) is 1.53. The molecule has 1 aromatic carbocycles. The first-order valence-electron chi connectivity index (χ1n) is 7.09. The minimum atomic E-state index is -0.467. The molecule has 0 saturated carbocycles. The van der Waals surface area contributed by atoms with Crippen molar-refractivity contribution in [2.75, 3.05) is 32.8 Å². The van der Waals surface area contributed by atoms with Crippen LogP contribution in [-0.4, -0.2) is 49.7 Å². The van der Waals surface area contributed by atoms with Crippen LogP contribution in [0.15, 0.2) is 24.3 Å². The fourth-order valence-electron chi connectivity index (χ4n) is 2.18. The highest BCUT2D eigenvalue weighted by atomic mass is 16.5. The molecular weight excluding hydrogens is 256 g/mol. The van der Waals surface area contributed by atoms with Crippen LogP contribution in [0.3, 0.4) is 0 Å². The van der Waals surface area contributed by atoms with Gasteiger partial charge in [0.1, 0.15) is 11.5 Å². The zero-order chi connectivity index (χ0) is 14.4. The molecule has 2 rings (SSSR count). The molecule has 0 aliphatic carbocycles. The minimum Gasteiger partial charge on any atom is -0.494 e. The summed E-state index contributed by atoms with van der Waals surface area (Å²) < 4.78 is 11.1. The number of benzene rings is 1. The molecule has 0 aromatic heterocycles. The maximum absolute atomic E-state index is 12.2. The van der Waals surface area contributed by atoms with Gasteiger partial charge in [-0.1, -0.05) is 0 Å². The molecule has 1 unspecified atom stereocenters. The maximum atomic E-state index is 12.2. The number of nitrogens with one attached hydrogen (secondary N) is 1. The Balaban J connectivity index is 1.89. The molecule has 1 fully saturated rings. The first-order valence-corrected chi connectivity index (χ1v) is 7.09. The Morgan fingerprint density at radius 1 is 1.25 bits per heavy atom. The molecule has 5 heteroatoms. The van der Waals surface area contributed by atoms with Gasteiger partial charge in [0.25, 0.3) is 5.91 Å². The molecule has 0 bridgehead atoms. The van der Waals surface area contributed by atoms with Gasteiger partial charge in [0.2, 0.25) is 0 Å². The van der Waals surface area contributed by atoms with Gasteiger partial charge < -0.3 is 19.7 Å². The molecule has 1 heterocycles. The van der Waals surface area contributed by atoms with E-state index >= 15 is 0 Å². The number of carbonyl (C=O) groups excluding carboxylic acids is 1. The van der Waals surface area contributed by atoms with Crippen molar-refractivity contribution in [2.24, 2.45) is 0 Å². The molecule has 0 radical (unpaired) electrons. The molecule has 110 valence electrons. The largest absolute Gasteiger partial charge is 0.494 e. The van der Waals surface area contributed by atoms with Crippen LogP contribution in [0.4, 0.5) is 0 Å². The van der Waals surface area contributed by atoms with Crippen molar-refractivity contribution in [3.63, 3.8) is 0 Å². The first-order chi connectivity index (χ1) is 9.70. The van der Waals surface area contributed by atoms with Crippen molar-refractivity contribution in [1.82, 2.24) is 10.2 Å². The fraction of sp³-hybridized carbons (Fsp3) is 0.533. The summed E-state index contributed by atoms with van der Waals surface area (Å²) in [6.45, 7) is 7.56. The van der Waals surface area contributed by atoms with Crippen LogP contribution >= 0.6 is 0 Å². The molecule has 1 aliphatic rings. The number of piperazine rings is 1.